The van der Waals surface area contributed by atoms with E-state index in [1.54, 1.807) is 0 Å². The van der Waals surface area contributed by atoms with E-state index in [0.29, 0.717) is 0 Å². The van der Waals surface area contributed by atoms with Crippen molar-refractivity contribution in [2.75, 3.05) is 40.9 Å². The topological polar surface area (TPSA) is 9.72 Å². The summed E-state index contributed by atoms with van der Waals surface area (Å²) in [6.07, 6.45) is 9.48. The summed E-state index contributed by atoms with van der Waals surface area (Å²) in [7, 11) is 0. The Kier molecular flexibility index (Phi) is 6.20. The number of fused-ring (bicyclic) bond motifs is 2. The summed E-state index contributed by atoms with van der Waals surface area (Å²) in [5.74, 6) is 0. The van der Waals surface area contributed by atoms with E-state index in [4.69, 9.17) is 0 Å². The van der Waals surface area contributed by atoms with Crippen LogP contribution in [0.1, 0.15) is 47.9 Å². The molecule has 0 fully saturated rings. The standard InChI is InChI=1S/C30H30N3.Y/c1-3-15-26-22(9-1)11-5-19-32(26)28-21-29(33-20-6-12-23-10-2-4-16-27(23)33)25-14-8-18-31-17-7-13-24(28)30(25)31;/h1-4,9-10H,5-8,11-14,17-20H2;/q-3;+3. The van der Waals surface area contributed by atoms with Gasteiger partial charge in [-0.15, -0.1) is 28.3 Å². The zero-order chi connectivity index (χ0) is 21.8. The van der Waals surface area contributed by atoms with Crippen LogP contribution in [0.3, 0.4) is 0 Å². The predicted molar refractivity (Wildman–Crippen MR) is 135 cm³/mol. The van der Waals surface area contributed by atoms with Gasteiger partial charge in [0.05, 0.1) is 0 Å². The molecule has 0 N–H and O–H groups in total. The van der Waals surface area contributed by atoms with Crippen LogP contribution >= 0.6 is 0 Å². The van der Waals surface area contributed by atoms with Crippen molar-refractivity contribution < 1.29 is 32.7 Å². The van der Waals surface area contributed by atoms with Crippen LogP contribution < -0.4 is 14.7 Å². The fraction of sp³-hybridized carbons (Fsp3) is 0.400. The monoisotopic (exact) mass is 521 g/mol. The number of anilines is 5. The van der Waals surface area contributed by atoms with Crippen LogP contribution in [-0.2, 0) is 58.4 Å². The Labute approximate surface area is 229 Å². The third kappa shape index (κ3) is 3.62. The van der Waals surface area contributed by atoms with Crippen molar-refractivity contribution in [3.05, 3.63) is 76.9 Å². The minimum Gasteiger partial charge on any atom is -0.393 e. The number of hydrogen-bond donors (Lipinski definition) is 0. The molecule has 7 rings (SSSR count). The molecule has 34 heavy (non-hydrogen) atoms. The SMILES string of the molecule is [Y+3].[c-]1cccc2c1N(c1[c-]c(N3CCCc4ccc[c-]c43)c3c4c1CCCN4CCC3)CCC2. The van der Waals surface area contributed by atoms with E-state index in [0.717, 1.165) is 38.8 Å². The number of benzene rings is 3. The summed E-state index contributed by atoms with van der Waals surface area (Å²) in [6.45, 7) is 4.48. The van der Waals surface area contributed by atoms with Gasteiger partial charge in [-0.05, 0) is 25.7 Å². The summed E-state index contributed by atoms with van der Waals surface area (Å²) in [5.41, 5.74) is 12.6. The molecule has 4 aliphatic heterocycles. The molecule has 0 bridgehead atoms. The van der Waals surface area contributed by atoms with E-state index in [9.17, 15) is 0 Å². The van der Waals surface area contributed by atoms with E-state index in [2.05, 4.69) is 69.3 Å². The summed E-state index contributed by atoms with van der Waals surface area (Å²) in [5, 5.41) is 0. The maximum atomic E-state index is 4.05. The van der Waals surface area contributed by atoms with Gasteiger partial charge in [0.15, 0.2) is 0 Å². The molecular formula is C30H30N3Y. The summed E-state index contributed by atoms with van der Waals surface area (Å²) in [6, 6.07) is 24.2. The van der Waals surface area contributed by atoms with Crippen LogP contribution in [0.2, 0.25) is 0 Å². The first-order chi connectivity index (χ1) is 16.4. The first-order valence-electron chi connectivity index (χ1n) is 12.8. The summed E-state index contributed by atoms with van der Waals surface area (Å²) < 4.78 is 0. The molecule has 4 heteroatoms. The van der Waals surface area contributed by atoms with Gasteiger partial charge < -0.3 is 14.7 Å². The minimum atomic E-state index is 0. The molecule has 0 radical (unpaired) electrons. The van der Waals surface area contributed by atoms with Gasteiger partial charge >= 0.3 is 32.7 Å². The third-order valence-corrected chi connectivity index (χ3v) is 7.98. The van der Waals surface area contributed by atoms with Crippen molar-refractivity contribution in [1.82, 2.24) is 0 Å². The average Bonchev–Trinajstić information content (AvgIpc) is 2.89. The summed E-state index contributed by atoms with van der Waals surface area (Å²) >= 11 is 0. The second-order valence-corrected chi connectivity index (χ2v) is 9.92. The molecule has 0 aliphatic carbocycles. The first kappa shape index (κ1) is 22.6. The van der Waals surface area contributed by atoms with E-state index in [1.165, 1.54) is 89.5 Å². The van der Waals surface area contributed by atoms with Gasteiger partial charge in [-0.3, -0.25) is 0 Å². The van der Waals surface area contributed by atoms with Crippen LogP contribution in [0.15, 0.2) is 36.4 Å². The smallest absolute Gasteiger partial charge is 0.393 e. The van der Waals surface area contributed by atoms with Gasteiger partial charge in [0.2, 0.25) is 0 Å². The molecule has 3 aromatic carbocycles. The van der Waals surface area contributed by atoms with Crippen molar-refractivity contribution in [3.63, 3.8) is 0 Å². The van der Waals surface area contributed by atoms with Crippen LogP contribution in [0, 0.1) is 18.2 Å². The molecular weight excluding hydrogens is 491 g/mol. The number of para-hydroxylation sites is 2. The fourth-order valence-electron chi connectivity index (χ4n) is 6.57. The van der Waals surface area contributed by atoms with Crippen LogP contribution in [0.4, 0.5) is 28.4 Å². The fourth-order valence-corrected chi connectivity index (χ4v) is 6.57. The Hall–Kier alpha value is -1.84. The maximum Gasteiger partial charge on any atom is 3.00 e. The Morgan fingerprint density at radius 3 is 1.62 bits per heavy atom. The zero-order valence-electron chi connectivity index (χ0n) is 19.9. The quantitative estimate of drug-likeness (QED) is 0.386. The number of nitrogens with zero attached hydrogens (tertiary/aromatic N) is 3. The first-order valence-corrected chi connectivity index (χ1v) is 12.8. The van der Waals surface area contributed by atoms with Crippen LogP contribution in [-0.4, -0.2) is 26.2 Å². The van der Waals surface area contributed by atoms with Crippen molar-refractivity contribution >= 4 is 28.4 Å². The van der Waals surface area contributed by atoms with E-state index < -0.39 is 0 Å². The minimum absolute atomic E-state index is 0. The Bertz CT molecular complexity index is 1130. The normalized spacial score (nSPS) is 18.5. The van der Waals surface area contributed by atoms with Crippen molar-refractivity contribution in [2.24, 2.45) is 0 Å². The Morgan fingerprint density at radius 1 is 0.588 bits per heavy atom. The number of aryl methyl sites for hydroxylation is 2. The maximum absolute atomic E-state index is 4.05. The van der Waals surface area contributed by atoms with Crippen molar-refractivity contribution in [2.45, 2.75) is 51.4 Å². The van der Waals surface area contributed by atoms with E-state index in [-0.39, 0.29) is 32.7 Å². The molecule has 0 aromatic heterocycles. The zero-order valence-corrected chi connectivity index (χ0v) is 22.7. The van der Waals surface area contributed by atoms with Gasteiger partial charge in [0.1, 0.15) is 0 Å². The second kappa shape index (κ2) is 9.32. The molecule has 3 aromatic rings. The van der Waals surface area contributed by atoms with Gasteiger partial charge in [-0.2, -0.15) is 48.5 Å². The predicted octanol–water partition coefficient (Wildman–Crippen LogP) is 5.95. The van der Waals surface area contributed by atoms with Crippen LogP contribution in [0.25, 0.3) is 0 Å². The molecule has 0 saturated carbocycles. The number of hydrogen-bond acceptors (Lipinski definition) is 3. The van der Waals surface area contributed by atoms with Crippen molar-refractivity contribution in [3.8, 4) is 0 Å². The molecule has 0 amide bonds. The van der Waals surface area contributed by atoms with Gasteiger partial charge in [-0.1, -0.05) is 54.1 Å². The van der Waals surface area contributed by atoms with Crippen molar-refractivity contribution in [1.29, 1.82) is 0 Å². The van der Waals surface area contributed by atoms with Gasteiger partial charge in [0.25, 0.3) is 0 Å². The Balaban J connectivity index is 0.00000217. The van der Waals surface area contributed by atoms with E-state index >= 15 is 0 Å². The van der Waals surface area contributed by atoms with Gasteiger partial charge in [-0.25, -0.2) is 0 Å². The average molecular weight is 521 g/mol. The Morgan fingerprint density at radius 2 is 1.09 bits per heavy atom. The molecule has 168 valence electrons. The largest absolute Gasteiger partial charge is 3.00 e. The third-order valence-electron chi connectivity index (χ3n) is 7.98. The van der Waals surface area contributed by atoms with Gasteiger partial charge in [0, 0.05) is 26.2 Å². The number of rotatable bonds is 2. The molecule has 4 aliphatic rings. The molecule has 3 nitrogen and oxygen atoms in total. The summed E-state index contributed by atoms with van der Waals surface area (Å²) in [4.78, 5) is 7.75. The molecule has 0 saturated heterocycles. The van der Waals surface area contributed by atoms with E-state index in [1.807, 2.05) is 0 Å². The van der Waals surface area contributed by atoms with Crippen LogP contribution in [0.5, 0.6) is 0 Å². The molecule has 4 heterocycles. The second-order valence-electron chi connectivity index (χ2n) is 9.92. The molecule has 0 unspecified atom stereocenters. The molecule has 0 spiro atoms. The molecule has 0 atom stereocenters.